The standard InChI is InChI=1S/C19H15FN2O3/c20-15-4-2-1-3-14(15)16-6-8-19(23)22(21-16)12-13-5-7-17-18(11-13)25-10-9-24-17/h1-8,11H,9-10,12H2. The zero-order valence-corrected chi connectivity index (χ0v) is 13.3. The normalized spacial score (nSPS) is 12.8. The molecular formula is C19H15FN2O3. The number of halogens is 1. The van der Waals surface area contributed by atoms with E-state index in [0.717, 1.165) is 5.56 Å². The molecular weight excluding hydrogens is 323 g/mol. The van der Waals surface area contributed by atoms with Crippen LogP contribution in [0.25, 0.3) is 11.3 Å². The van der Waals surface area contributed by atoms with E-state index < -0.39 is 0 Å². The molecule has 0 bridgehead atoms. The van der Waals surface area contributed by atoms with Gasteiger partial charge < -0.3 is 9.47 Å². The van der Waals surface area contributed by atoms with Gasteiger partial charge in [-0.3, -0.25) is 4.79 Å². The fraction of sp³-hybridized carbons (Fsp3) is 0.158. The van der Waals surface area contributed by atoms with Gasteiger partial charge in [-0.25, -0.2) is 9.07 Å². The average molecular weight is 338 g/mol. The monoisotopic (exact) mass is 338 g/mol. The van der Waals surface area contributed by atoms with Gasteiger partial charge in [0.15, 0.2) is 11.5 Å². The van der Waals surface area contributed by atoms with Crippen LogP contribution in [0.4, 0.5) is 4.39 Å². The topological polar surface area (TPSA) is 53.4 Å². The minimum atomic E-state index is -0.375. The lowest BCUT2D eigenvalue weighted by Crippen LogP contribution is -2.23. The van der Waals surface area contributed by atoms with Crippen LogP contribution >= 0.6 is 0 Å². The number of hydrogen-bond donors (Lipinski definition) is 0. The molecule has 25 heavy (non-hydrogen) atoms. The lowest BCUT2D eigenvalue weighted by molar-refractivity contribution is 0.171. The van der Waals surface area contributed by atoms with Crippen molar-refractivity contribution in [2.24, 2.45) is 0 Å². The lowest BCUT2D eigenvalue weighted by atomic mass is 10.1. The largest absolute Gasteiger partial charge is 0.486 e. The Hall–Kier alpha value is -3.15. The molecule has 2 heterocycles. The fourth-order valence-electron chi connectivity index (χ4n) is 2.73. The van der Waals surface area contributed by atoms with Crippen LogP contribution in [0, 0.1) is 5.82 Å². The molecule has 1 aromatic heterocycles. The SMILES string of the molecule is O=c1ccc(-c2ccccc2F)nn1Cc1ccc2c(c1)OCCO2. The van der Waals surface area contributed by atoms with Crippen molar-refractivity contribution in [3.8, 4) is 22.8 Å². The van der Waals surface area contributed by atoms with Crippen LogP contribution in [0.5, 0.6) is 11.5 Å². The molecule has 6 heteroatoms. The van der Waals surface area contributed by atoms with E-state index in [-0.39, 0.29) is 17.9 Å². The summed E-state index contributed by atoms with van der Waals surface area (Å²) in [6.45, 7) is 1.28. The average Bonchev–Trinajstić information content (AvgIpc) is 2.64. The highest BCUT2D eigenvalue weighted by Crippen LogP contribution is 2.30. The molecule has 0 fully saturated rings. The van der Waals surface area contributed by atoms with E-state index in [4.69, 9.17) is 9.47 Å². The molecule has 0 radical (unpaired) electrons. The Morgan fingerprint density at radius 1 is 1.00 bits per heavy atom. The van der Waals surface area contributed by atoms with Gasteiger partial charge in [-0.05, 0) is 35.9 Å². The first-order valence-corrected chi connectivity index (χ1v) is 7.92. The van der Waals surface area contributed by atoms with E-state index >= 15 is 0 Å². The Labute approximate surface area is 143 Å². The molecule has 0 N–H and O–H groups in total. The van der Waals surface area contributed by atoms with Crippen molar-refractivity contribution < 1.29 is 13.9 Å². The molecule has 0 saturated carbocycles. The highest BCUT2D eigenvalue weighted by molar-refractivity contribution is 5.58. The van der Waals surface area contributed by atoms with Crippen molar-refractivity contribution in [3.63, 3.8) is 0 Å². The first kappa shape index (κ1) is 15.4. The molecule has 3 aromatic rings. The van der Waals surface area contributed by atoms with E-state index in [0.29, 0.717) is 36.0 Å². The van der Waals surface area contributed by atoms with Crippen LogP contribution in [0.1, 0.15) is 5.56 Å². The molecule has 0 spiro atoms. The number of nitrogens with zero attached hydrogens (tertiary/aromatic N) is 2. The summed E-state index contributed by atoms with van der Waals surface area (Å²) in [7, 11) is 0. The van der Waals surface area contributed by atoms with E-state index in [1.54, 1.807) is 18.2 Å². The van der Waals surface area contributed by atoms with Gasteiger partial charge in [0, 0.05) is 11.6 Å². The molecule has 5 nitrogen and oxygen atoms in total. The van der Waals surface area contributed by atoms with Crippen LogP contribution in [0.15, 0.2) is 59.4 Å². The minimum Gasteiger partial charge on any atom is -0.486 e. The molecule has 1 aliphatic rings. The second-order valence-corrected chi connectivity index (χ2v) is 5.67. The number of hydrogen-bond acceptors (Lipinski definition) is 4. The first-order valence-electron chi connectivity index (χ1n) is 7.92. The summed E-state index contributed by atoms with van der Waals surface area (Å²) in [6, 6.07) is 14.8. The van der Waals surface area contributed by atoms with Gasteiger partial charge in [-0.2, -0.15) is 5.10 Å². The second-order valence-electron chi connectivity index (χ2n) is 5.67. The molecule has 1 aliphatic heterocycles. The second kappa shape index (κ2) is 6.39. The maximum atomic E-state index is 14.0. The Balaban J connectivity index is 1.68. The third kappa shape index (κ3) is 3.10. The third-order valence-electron chi connectivity index (χ3n) is 3.96. The van der Waals surface area contributed by atoms with Gasteiger partial charge in [0.25, 0.3) is 5.56 Å². The molecule has 0 saturated heterocycles. The number of ether oxygens (including phenoxy) is 2. The van der Waals surface area contributed by atoms with E-state index in [1.165, 1.54) is 22.9 Å². The number of fused-ring (bicyclic) bond motifs is 1. The van der Waals surface area contributed by atoms with Gasteiger partial charge in [0.05, 0.1) is 12.2 Å². The zero-order valence-electron chi connectivity index (χ0n) is 13.3. The minimum absolute atomic E-state index is 0.255. The van der Waals surface area contributed by atoms with Gasteiger partial charge in [-0.15, -0.1) is 0 Å². The Bertz CT molecular complexity index is 984. The van der Waals surface area contributed by atoms with Gasteiger partial charge in [0.2, 0.25) is 0 Å². The predicted molar refractivity (Wildman–Crippen MR) is 90.4 cm³/mol. The van der Waals surface area contributed by atoms with Crippen molar-refractivity contribution in [1.29, 1.82) is 0 Å². The van der Waals surface area contributed by atoms with Crippen LogP contribution in [-0.4, -0.2) is 23.0 Å². The summed E-state index contributed by atoms with van der Waals surface area (Å²) in [5, 5.41) is 4.30. The summed E-state index contributed by atoms with van der Waals surface area (Å²) in [6.07, 6.45) is 0. The number of benzene rings is 2. The summed E-state index contributed by atoms with van der Waals surface area (Å²) >= 11 is 0. The van der Waals surface area contributed by atoms with Gasteiger partial charge in [-0.1, -0.05) is 18.2 Å². The summed E-state index contributed by atoms with van der Waals surface area (Å²) in [5.41, 5.74) is 1.37. The predicted octanol–water partition coefficient (Wildman–Crippen LogP) is 2.87. The molecule has 0 amide bonds. The summed E-state index contributed by atoms with van der Waals surface area (Å²) in [5.74, 6) is 0.969. The molecule has 0 atom stereocenters. The van der Waals surface area contributed by atoms with Crippen molar-refractivity contribution in [2.75, 3.05) is 13.2 Å². The third-order valence-corrected chi connectivity index (χ3v) is 3.96. The Kier molecular flexibility index (Phi) is 3.93. The highest BCUT2D eigenvalue weighted by Gasteiger charge is 2.13. The lowest BCUT2D eigenvalue weighted by Gasteiger charge is -2.19. The first-order chi connectivity index (χ1) is 12.2. The van der Waals surface area contributed by atoms with Gasteiger partial charge >= 0.3 is 0 Å². The van der Waals surface area contributed by atoms with Crippen LogP contribution in [-0.2, 0) is 6.54 Å². The number of rotatable bonds is 3. The fourth-order valence-corrected chi connectivity index (χ4v) is 2.73. The molecule has 2 aromatic carbocycles. The van der Waals surface area contributed by atoms with E-state index in [2.05, 4.69) is 5.10 Å². The molecule has 4 rings (SSSR count). The Morgan fingerprint density at radius 2 is 1.80 bits per heavy atom. The quantitative estimate of drug-likeness (QED) is 0.737. The van der Waals surface area contributed by atoms with Crippen molar-refractivity contribution in [3.05, 3.63) is 76.3 Å². The number of aromatic nitrogens is 2. The van der Waals surface area contributed by atoms with E-state index in [1.807, 2.05) is 18.2 Å². The van der Waals surface area contributed by atoms with Gasteiger partial charge in [0.1, 0.15) is 19.0 Å². The summed E-state index contributed by atoms with van der Waals surface area (Å²) in [4.78, 5) is 12.1. The van der Waals surface area contributed by atoms with Crippen LogP contribution < -0.4 is 15.0 Å². The smallest absolute Gasteiger partial charge is 0.267 e. The Morgan fingerprint density at radius 3 is 2.64 bits per heavy atom. The van der Waals surface area contributed by atoms with Crippen LogP contribution in [0.3, 0.4) is 0 Å². The molecule has 0 unspecified atom stereocenters. The van der Waals surface area contributed by atoms with Crippen molar-refractivity contribution in [1.82, 2.24) is 9.78 Å². The summed E-state index contributed by atoms with van der Waals surface area (Å²) < 4.78 is 26.3. The zero-order chi connectivity index (χ0) is 17.2. The van der Waals surface area contributed by atoms with Crippen molar-refractivity contribution >= 4 is 0 Å². The maximum absolute atomic E-state index is 14.0. The molecule has 126 valence electrons. The van der Waals surface area contributed by atoms with E-state index in [9.17, 15) is 9.18 Å². The highest BCUT2D eigenvalue weighted by atomic mass is 19.1. The van der Waals surface area contributed by atoms with Crippen molar-refractivity contribution in [2.45, 2.75) is 6.54 Å². The maximum Gasteiger partial charge on any atom is 0.267 e. The van der Waals surface area contributed by atoms with Crippen LogP contribution in [0.2, 0.25) is 0 Å². The molecule has 0 aliphatic carbocycles.